The van der Waals surface area contributed by atoms with E-state index in [2.05, 4.69) is 29.0 Å². The second kappa shape index (κ2) is 6.01. The van der Waals surface area contributed by atoms with Crippen LogP contribution in [0.25, 0.3) is 0 Å². The lowest BCUT2D eigenvalue weighted by Gasteiger charge is -2.34. The highest BCUT2D eigenvalue weighted by atomic mass is 16.1. The number of nitrogens with zero attached hydrogens (tertiary/aromatic N) is 2. The molecular weight excluding hydrogens is 224 g/mol. The summed E-state index contributed by atoms with van der Waals surface area (Å²) in [6, 6.07) is 8.08. The van der Waals surface area contributed by atoms with E-state index in [-0.39, 0.29) is 5.78 Å². The quantitative estimate of drug-likeness (QED) is 0.762. The van der Waals surface area contributed by atoms with Crippen LogP contribution >= 0.6 is 0 Å². The molecule has 0 N–H and O–H groups in total. The molecule has 1 saturated heterocycles. The summed E-state index contributed by atoms with van der Waals surface area (Å²) in [6.07, 6.45) is 1.56. The van der Waals surface area contributed by atoms with Gasteiger partial charge in [0.25, 0.3) is 0 Å². The first-order chi connectivity index (χ1) is 8.70. The van der Waals surface area contributed by atoms with Gasteiger partial charge >= 0.3 is 0 Å². The summed E-state index contributed by atoms with van der Waals surface area (Å²) in [5, 5.41) is 0. The van der Waals surface area contributed by atoms with E-state index in [1.807, 2.05) is 19.1 Å². The molecule has 3 heteroatoms. The first-order valence-electron chi connectivity index (χ1n) is 6.77. The molecule has 1 heterocycles. The van der Waals surface area contributed by atoms with Crippen LogP contribution < -0.4 is 4.90 Å². The van der Waals surface area contributed by atoms with Crippen LogP contribution in [0.4, 0.5) is 5.69 Å². The number of rotatable bonds is 4. The number of piperazine rings is 1. The van der Waals surface area contributed by atoms with E-state index in [9.17, 15) is 4.79 Å². The summed E-state index contributed by atoms with van der Waals surface area (Å²) in [7, 11) is 2.16. The molecule has 0 aromatic heterocycles. The van der Waals surface area contributed by atoms with Gasteiger partial charge in [-0.1, -0.05) is 6.92 Å². The predicted molar refractivity (Wildman–Crippen MR) is 75.4 cm³/mol. The smallest absolute Gasteiger partial charge is 0.162 e. The zero-order valence-corrected chi connectivity index (χ0v) is 11.4. The summed E-state index contributed by atoms with van der Waals surface area (Å²) in [5.74, 6) is 0.252. The molecule has 0 bridgehead atoms. The van der Waals surface area contributed by atoms with Gasteiger partial charge in [0.1, 0.15) is 0 Å². The molecule has 0 atom stereocenters. The van der Waals surface area contributed by atoms with Crippen molar-refractivity contribution in [3.63, 3.8) is 0 Å². The van der Waals surface area contributed by atoms with Gasteiger partial charge in [0.2, 0.25) is 0 Å². The van der Waals surface area contributed by atoms with E-state index in [4.69, 9.17) is 0 Å². The Hall–Kier alpha value is -1.35. The van der Waals surface area contributed by atoms with Gasteiger partial charge in [-0.2, -0.15) is 0 Å². The highest BCUT2D eigenvalue weighted by Gasteiger charge is 2.14. The second-order valence-electron chi connectivity index (χ2n) is 5.01. The Bertz CT molecular complexity index is 391. The second-order valence-corrected chi connectivity index (χ2v) is 5.01. The maximum atomic E-state index is 11.8. The number of ketones is 1. The fourth-order valence-corrected chi connectivity index (χ4v) is 2.29. The van der Waals surface area contributed by atoms with Crippen LogP contribution in [0, 0.1) is 0 Å². The standard InChI is InChI=1S/C15H22N2O/c1-3-4-15(18)13-5-7-14(8-6-13)17-11-9-16(2)10-12-17/h5-8H,3-4,9-12H2,1-2H3. The lowest BCUT2D eigenvalue weighted by atomic mass is 10.1. The third kappa shape index (κ3) is 3.10. The number of anilines is 1. The number of Topliss-reactive ketones (excluding diaryl/α,β-unsaturated/α-hetero) is 1. The van der Waals surface area contributed by atoms with E-state index in [0.29, 0.717) is 6.42 Å². The fourth-order valence-electron chi connectivity index (χ4n) is 2.29. The number of carbonyl (C=O) groups excluding carboxylic acids is 1. The Labute approximate surface area is 109 Å². The molecule has 1 aromatic rings. The fraction of sp³-hybridized carbons (Fsp3) is 0.533. The van der Waals surface area contributed by atoms with E-state index in [1.54, 1.807) is 0 Å². The molecule has 0 aliphatic carbocycles. The van der Waals surface area contributed by atoms with Gasteiger partial charge in [-0.3, -0.25) is 4.79 Å². The molecule has 1 aliphatic rings. The van der Waals surface area contributed by atoms with E-state index >= 15 is 0 Å². The minimum absolute atomic E-state index is 0.252. The molecule has 0 spiro atoms. The third-order valence-electron chi connectivity index (χ3n) is 3.53. The molecule has 1 aromatic carbocycles. The first-order valence-corrected chi connectivity index (χ1v) is 6.77. The van der Waals surface area contributed by atoms with Crippen molar-refractivity contribution in [1.29, 1.82) is 0 Å². The lowest BCUT2D eigenvalue weighted by molar-refractivity contribution is 0.0982. The maximum Gasteiger partial charge on any atom is 0.162 e. The maximum absolute atomic E-state index is 11.8. The summed E-state index contributed by atoms with van der Waals surface area (Å²) in [4.78, 5) is 16.5. The normalized spacial score (nSPS) is 16.9. The van der Waals surface area contributed by atoms with Gasteiger partial charge in [-0.25, -0.2) is 0 Å². The number of benzene rings is 1. The zero-order chi connectivity index (χ0) is 13.0. The summed E-state index contributed by atoms with van der Waals surface area (Å²) in [5.41, 5.74) is 2.07. The molecule has 0 unspecified atom stereocenters. The van der Waals surface area contributed by atoms with Gasteiger partial charge in [0.05, 0.1) is 0 Å². The van der Waals surface area contributed by atoms with Crippen molar-refractivity contribution in [3.8, 4) is 0 Å². The molecule has 0 amide bonds. The summed E-state index contributed by atoms with van der Waals surface area (Å²) >= 11 is 0. The van der Waals surface area contributed by atoms with Crippen LogP contribution in [-0.2, 0) is 0 Å². The molecular formula is C15H22N2O. The third-order valence-corrected chi connectivity index (χ3v) is 3.53. The topological polar surface area (TPSA) is 23.6 Å². The monoisotopic (exact) mass is 246 g/mol. The van der Waals surface area contributed by atoms with Gasteiger partial charge in [-0.05, 0) is 37.7 Å². The van der Waals surface area contributed by atoms with Crippen molar-refractivity contribution in [3.05, 3.63) is 29.8 Å². The minimum atomic E-state index is 0.252. The van der Waals surface area contributed by atoms with Crippen molar-refractivity contribution < 1.29 is 4.79 Å². The Morgan fingerprint density at radius 2 is 1.72 bits per heavy atom. The highest BCUT2D eigenvalue weighted by molar-refractivity contribution is 5.96. The summed E-state index contributed by atoms with van der Waals surface area (Å²) < 4.78 is 0. The van der Waals surface area contributed by atoms with E-state index in [1.165, 1.54) is 5.69 Å². The van der Waals surface area contributed by atoms with Gasteiger partial charge in [-0.15, -0.1) is 0 Å². The predicted octanol–water partition coefficient (Wildman–Crippen LogP) is 2.42. The lowest BCUT2D eigenvalue weighted by Crippen LogP contribution is -2.44. The molecule has 1 fully saturated rings. The Balaban J connectivity index is 2.01. The van der Waals surface area contributed by atoms with Gasteiger partial charge in [0.15, 0.2) is 5.78 Å². The molecule has 3 nitrogen and oxygen atoms in total. The summed E-state index contributed by atoms with van der Waals surface area (Å²) in [6.45, 7) is 6.39. The van der Waals surface area contributed by atoms with Crippen molar-refractivity contribution in [2.45, 2.75) is 19.8 Å². The van der Waals surface area contributed by atoms with Crippen LogP contribution in [0.2, 0.25) is 0 Å². The molecule has 98 valence electrons. The van der Waals surface area contributed by atoms with E-state index < -0.39 is 0 Å². The molecule has 0 radical (unpaired) electrons. The highest BCUT2D eigenvalue weighted by Crippen LogP contribution is 2.18. The molecule has 2 rings (SSSR count). The van der Waals surface area contributed by atoms with E-state index in [0.717, 1.165) is 38.2 Å². The van der Waals surface area contributed by atoms with Gasteiger partial charge in [0, 0.05) is 43.9 Å². The number of carbonyl (C=O) groups is 1. The Kier molecular flexibility index (Phi) is 4.37. The number of hydrogen-bond acceptors (Lipinski definition) is 3. The first kappa shape index (κ1) is 13.1. The van der Waals surface area contributed by atoms with Crippen LogP contribution in [-0.4, -0.2) is 43.9 Å². The molecule has 0 saturated carbocycles. The zero-order valence-electron chi connectivity index (χ0n) is 11.4. The largest absolute Gasteiger partial charge is 0.369 e. The molecule has 1 aliphatic heterocycles. The number of hydrogen-bond donors (Lipinski definition) is 0. The molecule has 18 heavy (non-hydrogen) atoms. The van der Waals surface area contributed by atoms with Gasteiger partial charge < -0.3 is 9.80 Å². The number of likely N-dealkylation sites (N-methyl/N-ethyl adjacent to an activating group) is 1. The average Bonchev–Trinajstić information content (AvgIpc) is 2.40. The minimum Gasteiger partial charge on any atom is -0.369 e. The SMILES string of the molecule is CCCC(=O)c1ccc(N2CCN(C)CC2)cc1. The van der Waals surface area contributed by atoms with Crippen LogP contribution in [0.5, 0.6) is 0 Å². The van der Waals surface area contributed by atoms with Crippen LogP contribution in [0.15, 0.2) is 24.3 Å². The van der Waals surface area contributed by atoms with Crippen molar-refractivity contribution in [2.24, 2.45) is 0 Å². The Morgan fingerprint density at radius 1 is 1.11 bits per heavy atom. The Morgan fingerprint density at radius 3 is 2.28 bits per heavy atom. The van der Waals surface area contributed by atoms with Crippen molar-refractivity contribution in [2.75, 3.05) is 38.1 Å². The average molecular weight is 246 g/mol. The van der Waals surface area contributed by atoms with Crippen LogP contribution in [0.1, 0.15) is 30.1 Å². The van der Waals surface area contributed by atoms with Crippen molar-refractivity contribution in [1.82, 2.24) is 4.90 Å². The van der Waals surface area contributed by atoms with Crippen molar-refractivity contribution >= 4 is 11.5 Å². The van der Waals surface area contributed by atoms with Crippen LogP contribution in [0.3, 0.4) is 0 Å².